The number of rotatable bonds is 4. The van der Waals surface area contributed by atoms with Crippen LogP contribution >= 0.6 is 0 Å². The number of piperazine rings is 1. The van der Waals surface area contributed by atoms with Gasteiger partial charge in [-0.3, -0.25) is 14.9 Å². The number of nitroso groups, excluding NO2 is 1. The van der Waals surface area contributed by atoms with Crippen molar-refractivity contribution in [3.8, 4) is 6.07 Å². The Hall–Kier alpha value is -3.19. The van der Waals surface area contributed by atoms with Gasteiger partial charge in [-0.05, 0) is 25.1 Å². The minimum Gasteiger partial charge on any atom is -0.349 e. The molecule has 2 heterocycles. The highest BCUT2D eigenvalue weighted by atomic mass is 19.2. The minimum atomic E-state index is -1.11. The van der Waals surface area contributed by atoms with E-state index in [0.29, 0.717) is 0 Å². The molecule has 28 heavy (non-hydrogen) atoms. The number of carbonyl (C=O) groups is 1. The highest BCUT2D eigenvalue weighted by Gasteiger charge is 2.40. The second kappa shape index (κ2) is 7.82. The third-order valence-corrected chi connectivity index (χ3v) is 4.78. The van der Waals surface area contributed by atoms with Crippen molar-refractivity contribution in [1.82, 2.24) is 15.6 Å². The van der Waals surface area contributed by atoms with Crippen LogP contribution in [0, 0.1) is 27.9 Å². The fourth-order valence-corrected chi connectivity index (χ4v) is 3.25. The van der Waals surface area contributed by atoms with E-state index in [-0.39, 0.29) is 42.0 Å². The van der Waals surface area contributed by atoms with Gasteiger partial charge >= 0.3 is 0 Å². The molecule has 3 rings (SSSR count). The molecule has 146 valence electrons. The summed E-state index contributed by atoms with van der Waals surface area (Å²) in [5.41, 5.74) is -0.472. The van der Waals surface area contributed by atoms with Crippen molar-refractivity contribution in [2.24, 2.45) is 0 Å². The number of pyridine rings is 1. The Labute approximate surface area is 158 Å². The molecule has 1 aliphatic rings. The fourth-order valence-electron chi connectivity index (χ4n) is 3.25. The van der Waals surface area contributed by atoms with E-state index in [1.807, 2.05) is 6.07 Å². The molecule has 0 aliphatic carbocycles. The van der Waals surface area contributed by atoms with Crippen molar-refractivity contribution in [3.63, 3.8) is 0 Å². The molecule has 8 nitrogen and oxygen atoms in total. The van der Waals surface area contributed by atoms with Gasteiger partial charge in [0.2, 0.25) is 18.5 Å². The molecule has 3 unspecified atom stereocenters. The molecule has 10 heteroatoms. The molecule has 0 radical (unpaired) electrons. The predicted octanol–water partition coefficient (Wildman–Crippen LogP) is 0.496. The van der Waals surface area contributed by atoms with Crippen molar-refractivity contribution in [2.45, 2.75) is 31.5 Å². The first-order chi connectivity index (χ1) is 13.3. The zero-order valence-electron chi connectivity index (χ0n) is 15.0. The average Bonchev–Trinajstić information content (AvgIpc) is 2.65. The molecule has 3 atom stereocenters. The maximum absolute atomic E-state index is 13.9. The molecule has 0 bridgehead atoms. The highest BCUT2D eigenvalue weighted by molar-refractivity contribution is 5.83. The molecular formula is C18H18F2N5O3+. The topological polar surface area (TPSA) is 118 Å². The zero-order chi connectivity index (χ0) is 20.4. The van der Waals surface area contributed by atoms with E-state index >= 15 is 0 Å². The van der Waals surface area contributed by atoms with Crippen molar-refractivity contribution in [2.75, 3.05) is 13.1 Å². The first-order valence-electron chi connectivity index (χ1n) is 8.66. The van der Waals surface area contributed by atoms with Gasteiger partial charge in [0, 0.05) is 20.6 Å². The molecule has 1 saturated heterocycles. The van der Waals surface area contributed by atoms with Crippen LogP contribution in [0.2, 0.25) is 0 Å². The smallest absolute Gasteiger partial charge is 0.252 e. The quantitative estimate of drug-likeness (QED) is 0.657. The van der Waals surface area contributed by atoms with Crippen LogP contribution in [-0.4, -0.2) is 46.9 Å². The van der Waals surface area contributed by atoms with Crippen LogP contribution in [0.4, 0.5) is 8.78 Å². The SMILES string of the molecule is CC1NC(C#N)C[N+](=O)C1CNC(=O)Cc1cc2c(F)c(F)ccc2[nH]c1=O. The van der Waals surface area contributed by atoms with E-state index in [1.54, 1.807) is 6.92 Å². The van der Waals surface area contributed by atoms with Crippen LogP contribution in [0.5, 0.6) is 0 Å². The number of fused-ring (bicyclic) bond motifs is 1. The number of benzene rings is 1. The minimum absolute atomic E-state index is 0.0170. The molecule has 1 aliphatic heterocycles. The summed E-state index contributed by atoms with van der Waals surface area (Å²) in [5.74, 6) is -2.70. The van der Waals surface area contributed by atoms with Gasteiger partial charge in [0.15, 0.2) is 17.7 Å². The average molecular weight is 390 g/mol. The van der Waals surface area contributed by atoms with E-state index in [2.05, 4.69) is 15.6 Å². The Morgan fingerprint density at radius 1 is 1.43 bits per heavy atom. The zero-order valence-corrected chi connectivity index (χ0v) is 15.0. The monoisotopic (exact) mass is 390 g/mol. The van der Waals surface area contributed by atoms with E-state index in [4.69, 9.17) is 5.26 Å². The maximum atomic E-state index is 13.9. The Balaban J connectivity index is 1.69. The molecule has 3 N–H and O–H groups in total. The Bertz CT molecular complexity index is 1050. The van der Waals surface area contributed by atoms with Crippen LogP contribution in [0.25, 0.3) is 10.9 Å². The third-order valence-electron chi connectivity index (χ3n) is 4.78. The number of nitrogens with zero attached hydrogens (tertiary/aromatic N) is 2. The van der Waals surface area contributed by atoms with E-state index in [9.17, 15) is 23.3 Å². The standard InChI is InChI=1S/C18H17F2N5O3/c1-9-15(25(28)8-11(6-21)23-9)7-22-16(26)5-10-4-12-14(24-18(10)27)3-2-13(19)17(12)20/h2-4,9,11,15,23H,5,7-8H2,1H3,(H-,22,24,26,27)/p+1. The molecule has 1 aromatic heterocycles. The normalized spacial score (nSPS) is 22.1. The summed E-state index contributed by atoms with van der Waals surface area (Å²) in [6.07, 6.45) is -0.352. The largest absolute Gasteiger partial charge is 0.349 e. The summed E-state index contributed by atoms with van der Waals surface area (Å²) in [7, 11) is 0. The lowest BCUT2D eigenvalue weighted by Crippen LogP contribution is -2.60. The van der Waals surface area contributed by atoms with Gasteiger partial charge in [-0.2, -0.15) is 5.26 Å². The van der Waals surface area contributed by atoms with Crippen LogP contribution in [-0.2, 0) is 11.2 Å². The number of H-pyrrole nitrogens is 1. The van der Waals surface area contributed by atoms with Crippen LogP contribution in [0.3, 0.4) is 0 Å². The Morgan fingerprint density at radius 2 is 2.18 bits per heavy atom. The molecular weight excluding hydrogens is 372 g/mol. The van der Waals surface area contributed by atoms with Gasteiger partial charge < -0.3 is 10.3 Å². The molecule has 0 saturated carbocycles. The van der Waals surface area contributed by atoms with Gasteiger partial charge in [-0.1, -0.05) is 0 Å². The van der Waals surface area contributed by atoms with Crippen molar-refractivity contribution in [1.29, 1.82) is 5.26 Å². The molecule has 1 aromatic carbocycles. The number of hydrogen-bond donors (Lipinski definition) is 3. The number of aromatic amines is 1. The number of nitriles is 1. The van der Waals surface area contributed by atoms with Gasteiger partial charge in [0.1, 0.15) is 0 Å². The van der Waals surface area contributed by atoms with E-state index in [1.165, 1.54) is 6.07 Å². The molecule has 2 aromatic rings. The van der Waals surface area contributed by atoms with E-state index < -0.39 is 35.2 Å². The summed E-state index contributed by atoms with van der Waals surface area (Å²) in [6, 6.07) is 3.80. The lowest BCUT2D eigenvalue weighted by atomic mass is 10.0. The first kappa shape index (κ1) is 19.6. The maximum Gasteiger partial charge on any atom is 0.252 e. The number of amides is 1. The summed E-state index contributed by atoms with van der Waals surface area (Å²) in [4.78, 5) is 38.8. The van der Waals surface area contributed by atoms with Crippen molar-refractivity contribution in [3.05, 3.63) is 50.7 Å². The predicted molar refractivity (Wildman–Crippen MR) is 95.5 cm³/mol. The van der Waals surface area contributed by atoms with Gasteiger partial charge in [-0.15, -0.1) is 0 Å². The number of carbonyl (C=O) groups excluding carboxylic acids is 1. The molecule has 1 amide bonds. The van der Waals surface area contributed by atoms with Crippen LogP contribution in [0.15, 0.2) is 23.0 Å². The summed E-state index contributed by atoms with van der Waals surface area (Å²) in [5, 5.41) is 14.3. The summed E-state index contributed by atoms with van der Waals surface area (Å²) in [6.45, 7) is 1.73. The highest BCUT2D eigenvalue weighted by Crippen LogP contribution is 2.18. The van der Waals surface area contributed by atoms with Gasteiger partial charge in [0.25, 0.3) is 5.56 Å². The van der Waals surface area contributed by atoms with Gasteiger partial charge in [0.05, 0.1) is 30.6 Å². The number of aromatic nitrogens is 1. The molecule has 1 fully saturated rings. The van der Waals surface area contributed by atoms with Crippen molar-refractivity contribution < 1.29 is 18.3 Å². The Morgan fingerprint density at radius 3 is 2.86 bits per heavy atom. The molecule has 0 spiro atoms. The van der Waals surface area contributed by atoms with Gasteiger partial charge in [-0.25, -0.2) is 8.78 Å². The van der Waals surface area contributed by atoms with Crippen LogP contribution < -0.4 is 16.2 Å². The summed E-state index contributed by atoms with van der Waals surface area (Å²) < 4.78 is 28.1. The Kier molecular flexibility index (Phi) is 5.46. The second-order valence-electron chi connectivity index (χ2n) is 6.73. The third kappa shape index (κ3) is 3.89. The second-order valence-corrected chi connectivity index (χ2v) is 6.73. The number of hydrogen-bond acceptors (Lipinski definition) is 5. The van der Waals surface area contributed by atoms with Crippen LogP contribution in [0.1, 0.15) is 12.5 Å². The lowest BCUT2D eigenvalue weighted by molar-refractivity contribution is -0.598. The fraction of sp³-hybridized carbons (Fsp3) is 0.389. The van der Waals surface area contributed by atoms with E-state index in [0.717, 1.165) is 16.9 Å². The summed E-state index contributed by atoms with van der Waals surface area (Å²) >= 11 is 0. The number of nitrogens with one attached hydrogen (secondary N) is 3. The lowest BCUT2D eigenvalue weighted by Gasteiger charge is -2.25. The first-order valence-corrected chi connectivity index (χ1v) is 8.66. The van der Waals surface area contributed by atoms with Crippen molar-refractivity contribution >= 4 is 16.8 Å². The number of halogens is 2.